The average Bonchev–Trinajstić information content (AvgIpc) is 2.35. The van der Waals surface area contributed by atoms with E-state index in [1.165, 1.54) is 18.4 Å². The number of nitrogens with one attached hydrogen (secondary N) is 1. The summed E-state index contributed by atoms with van der Waals surface area (Å²) in [6.45, 7) is 1.83. The molecule has 0 unspecified atom stereocenters. The molecule has 3 heteroatoms. The Kier molecular flexibility index (Phi) is 4.03. The minimum absolute atomic E-state index is 0.00796. The van der Waals surface area contributed by atoms with E-state index in [1.54, 1.807) is 12.1 Å². The molecule has 1 amide bonds. The van der Waals surface area contributed by atoms with Crippen molar-refractivity contribution in [3.8, 4) is 5.75 Å². The Bertz CT molecular complexity index is 477. The van der Waals surface area contributed by atoms with Gasteiger partial charge in [0, 0.05) is 18.2 Å². The van der Waals surface area contributed by atoms with E-state index < -0.39 is 0 Å². The minimum atomic E-state index is -0.00796. The Balaban J connectivity index is 1.94. The van der Waals surface area contributed by atoms with Crippen LogP contribution in [0, 0.1) is 6.92 Å². The maximum Gasteiger partial charge on any atom is 0.228 e. The van der Waals surface area contributed by atoms with Gasteiger partial charge in [-0.2, -0.15) is 0 Å². The number of amides is 1. The number of hydrogen-bond acceptors (Lipinski definition) is 2. The molecule has 0 radical (unpaired) electrons. The molecular formula is C15H19NO2. The Morgan fingerprint density at radius 2 is 2.22 bits per heavy atom. The summed E-state index contributed by atoms with van der Waals surface area (Å²) in [5, 5.41) is 12.4. The van der Waals surface area contributed by atoms with Gasteiger partial charge in [0.25, 0.3) is 0 Å². The monoisotopic (exact) mass is 245 g/mol. The van der Waals surface area contributed by atoms with E-state index in [0.717, 1.165) is 18.4 Å². The van der Waals surface area contributed by atoms with Crippen LogP contribution in [0.4, 0.5) is 5.69 Å². The first-order valence-corrected chi connectivity index (χ1v) is 6.42. The molecule has 1 aromatic rings. The molecule has 96 valence electrons. The van der Waals surface area contributed by atoms with Crippen LogP contribution in [0.3, 0.4) is 0 Å². The van der Waals surface area contributed by atoms with E-state index in [0.29, 0.717) is 12.1 Å². The van der Waals surface area contributed by atoms with Crippen molar-refractivity contribution in [1.29, 1.82) is 0 Å². The molecule has 3 nitrogen and oxygen atoms in total. The van der Waals surface area contributed by atoms with Crippen LogP contribution in [-0.4, -0.2) is 11.0 Å². The van der Waals surface area contributed by atoms with E-state index in [4.69, 9.17) is 0 Å². The summed E-state index contributed by atoms with van der Waals surface area (Å²) < 4.78 is 0. The lowest BCUT2D eigenvalue weighted by atomic mass is 9.97. The lowest BCUT2D eigenvalue weighted by Crippen LogP contribution is -2.13. The van der Waals surface area contributed by atoms with E-state index in [-0.39, 0.29) is 11.7 Å². The van der Waals surface area contributed by atoms with Gasteiger partial charge in [-0.15, -0.1) is 0 Å². The van der Waals surface area contributed by atoms with Gasteiger partial charge in [0.2, 0.25) is 5.91 Å². The van der Waals surface area contributed by atoms with Gasteiger partial charge >= 0.3 is 0 Å². The summed E-state index contributed by atoms with van der Waals surface area (Å²) in [6.07, 6.45) is 7.19. The zero-order valence-electron chi connectivity index (χ0n) is 10.7. The van der Waals surface area contributed by atoms with Gasteiger partial charge in [-0.05, 0) is 44.2 Å². The quantitative estimate of drug-likeness (QED) is 0.800. The minimum Gasteiger partial charge on any atom is -0.508 e. The van der Waals surface area contributed by atoms with Gasteiger partial charge < -0.3 is 10.4 Å². The summed E-state index contributed by atoms with van der Waals surface area (Å²) in [4.78, 5) is 11.8. The number of rotatable bonds is 3. The van der Waals surface area contributed by atoms with Crippen LogP contribution >= 0.6 is 0 Å². The molecule has 0 saturated heterocycles. The third-order valence-corrected chi connectivity index (χ3v) is 3.27. The van der Waals surface area contributed by atoms with Crippen molar-refractivity contribution in [1.82, 2.24) is 0 Å². The fourth-order valence-corrected chi connectivity index (χ4v) is 2.16. The molecule has 0 aromatic heterocycles. The van der Waals surface area contributed by atoms with Crippen molar-refractivity contribution in [2.75, 3.05) is 5.32 Å². The molecule has 0 atom stereocenters. The molecular weight excluding hydrogens is 226 g/mol. The highest BCUT2D eigenvalue weighted by molar-refractivity contribution is 5.92. The summed E-state index contributed by atoms with van der Waals surface area (Å²) in [5.74, 6) is 0.205. The second-order valence-electron chi connectivity index (χ2n) is 4.83. The zero-order chi connectivity index (χ0) is 13.0. The molecule has 0 spiro atoms. The Hall–Kier alpha value is -1.77. The molecule has 0 fully saturated rings. The van der Waals surface area contributed by atoms with Crippen molar-refractivity contribution in [2.24, 2.45) is 0 Å². The third-order valence-electron chi connectivity index (χ3n) is 3.27. The van der Waals surface area contributed by atoms with Crippen LogP contribution in [0.15, 0.2) is 29.8 Å². The Morgan fingerprint density at radius 1 is 1.39 bits per heavy atom. The van der Waals surface area contributed by atoms with E-state index in [9.17, 15) is 9.90 Å². The maximum absolute atomic E-state index is 11.8. The summed E-state index contributed by atoms with van der Waals surface area (Å²) >= 11 is 0. The number of phenolic OH excluding ortho intramolecular Hbond substituents is 1. The highest BCUT2D eigenvalue weighted by Gasteiger charge is 2.09. The van der Waals surface area contributed by atoms with Gasteiger partial charge in [-0.25, -0.2) is 0 Å². The predicted octanol–water partition coefficient (Wildman–Crippen LogP) is 3.53. The van der Waals surface area contributed by atoms with Crippen LogP contribution in [0.25, 0.3) is 0 Å². The number of aryl methyl sites for hydroxylation is 1. The van der Waals surface area contributed by atoms with E-state index >= 15 is 0 Å². The Morgan fingerprint density at radius 3 is 2.89 bits per heavy atom. The smallest absolute Gasteiger partial charge is 0.228 e. The van der Waals surface area contributed by atoms with Crippen LogP contribution in [-0.2, 0) is 4.79 Å². The second kappa shape index (κ2) is 5.71. The van der Waals surface area contributed by atoms with Crippen molar-refractivity contribution in [3.05, 3.63) is 35.4 Å². The third kappa shape index (κ3) is 3.36. The largest absolute Gasteiger partial charge is 0.508 e. The lowest BCUT2D eigenvalue weighted by Gasteiger charge is -2.12. The number of allylic oxidation sites excluding steroid dienone is 1. The molecule has 0 bridgehead atoms. The molecule has 1 aliphatic rings. The molecule has 1 aliphatic carbocycles. The van der Waals surface area contributed by atoms with Gasteiger partial charge in [0.1, 0.15) is 5.75 Å². The van der Waals surface area contributed by atoms with Gasteiger partial charge in [0.15, 0.2) is 0 Å². The van der Waals surface area contributed by atoms with Crippen molar-refractivity contribution in [2.45, 2.75) is 39.0 Å². The number of aromatic hydroxyl groups is 1. The standard InChI is InChI=1S/C15H19NO2/c1-11-7-8-13(10-14(11)17)16-15(18)9-12-5-3-2-4-6-12/h5,7-8,10,17H,2-4,6,9H2,1H3,(H,16,18). The van der Waals surface area contributed by atoms with Crippen LogP contribution < -0.4 is 5.32 Å². The number of carbonyl (C=O) groups is 1. The summed E-state index contributed by atoms with van der Waals surface area (Å²) in [5.41, 5.74) is 2.69. The normalized spacial score (nSPS) is 15.1. The number of carbonyl (C=O) groups excluding carboxylic acids is 1. The first kappa shape index (κ1) is 12.7. The van der Waals surface area contributed by atoms with Gasteiger partial charge in [-0.3, -0.25) is 4.79 Å². The van der Waals surface area contributed by atoms with Gasteiger partial charge in [0.05, 0.1) is 0 Å². The summed E-state index contributed by atoms with van der Waals surface area (Å²) in [7, 11) is 0. The zero-order valence-corrected chi connectivity index (χ0v) is 10.7. The number of benzene rings is 1. The fraction of sp³-hybridized carbons (Fsp3) is 0.400. The van der Waals surface area contributed by atoms with E-state index in [1.807, 2.05) is 13.0 Å². The topological polar surface area (TPSA) is 49.3 Å². The van der Waals surface area contributed by atoms with Crippen LogP contribution in [0.2, 0.25) is 0 Å². The van der Waals surface area contributed by atoms with Gasteiger partial charge in [-0.1, -0.05) is 17.7 Å². The highest BCUT2D eigenvalue weighted by atomic mass is 16.3. The molecule has 0 heterocycles. The number of phenols is 1. The SMILES string of the molecule is Cc1ccc(NC(=O)CC2=CCCCC2)cc1O. The summed E-state index contributed by atoms with van der Waals surface area (Å²) in [6, 6.07) is 5.19. The van der Waals surface area contributed by atoms with Crippen LogP contribution in [0.5, 0.6) is 5.75 Å². The molecule has 0 saturated carbocycles. The first-order chi connectivity index (χ1) is 8.65. The van der Waals surface area contributed by atoms with E-state index in [2.05, 4.69) is 11.4 Å². The first-order valence-electron chi connectivity index (χ1n) is 6.42. The maximum atomic E-state index is 11.8. The molecule has 0 aliphatic heterocycles. The Labute approximate surface area is 108 Å². The lowest BCUT2D eigenvalue weighted by molar-refractivity contribution is -0.115. The molecule has 2 rings (SSSR count). The second-order valence-corrected chi connectivity index (χ2v) is 4.83. The van der Waals surface area contributed by atoms with Crippen LogP contribution in [0.1, 0.15) is 37.7 Å². The predicted molar refractivity (Wildman–Crippen MR) is 72.6 cm³/mol. The number of hydrogen-bond donors (Lipinski definition) is 2. The fourth-order valence-electron chi connectivity index (χ4n) is 2.16. The molecule has 18 heavy (non-hydrogen) atoms. The highest BCUT2D eigenvalue weighted by Crippen LogP contribution is 2.23. The van der Waals surface area contributed by atoms with Crippen molar-refractivity contribution >= 4 is 11.6 Å². The number of anilines is 1. The van der Waals surface area contributed by atoms with Crippen molar-refractivity contribution in [3.63, 3.8) is 0 Å². The molecule has 1 aromatic carbocycles. The molecule has 2 N–H and O–H groups in total. The average molecular weight is 245 g/mol. The van der Waals surface area contributed by atoms with Crippen molar-refractivity contribution < 1.29 is 9.90 Å².